The van der Waals surface area contributed by atoms with Crippen LogP contribution in [0.4, 0.5) is 4.79 Å². The highest BCUT2D eigenvalue weighted by Crippen LogP contribution is 2.51. The van der Waals surface area contributed by atoms with Crippen molar-refractivity contribution >= 4 is 6.03 Å². The molecule has 0 spiro atoms. The normalized spacial score (nSPS) is 19.6. The first-order chi connectivity index (χ1) is 18.1. The van der Waals surface area contributed by atoms with Gasteiger partial charge in [-0.15, -0.1) is 5.10 Å². The van der Waals surface area contributed by atoms with E-state index in [-0.39, 0.29) is 12.1 Å². The molecule has 1 aromatic heterocycles. The van der Waals surface area contributed by atoms with Gasteiger partial charge in [0.2, 0.25) is 0 Å². The molecule has 1 unspecified atom stereocenters. The third-order valence-electron chi connectivity index (χ3n) is 7.63. The molecule has 2 heterocycles. The number of aliphatic hydroxyl groups excluding tert-OH is 1. The maximum absolute atomic E-state index is 13.4. The molecule has 3 aromatic rings. The molecule has 8 nitrogen and oxygen atoms in total. The van der Waals surface area contributed by atoms with Crippen LogP contribution in [0.2, 0.25) is 0 Å². The number of nitrogens with one attached hydrogen (secondary N) is 1. The molecule has 2 N–H and O–H groups in total. The number of H-pyrrole nitrogens is 1. The van der Waals surface area contributed by atoms with Gasteiger partial charge >= 0.3 is 6.03 Å². The average molecular weight is 501 g/mol. The van der Waals surface area contributed by atoms with Crippen molar-refractivity contribution in [2.24, 2.45) is 5.41 Å². The summed E-state index contributed by atoms with van der Waals surface area (Å²) in [5.41, 5.74) is 2.54. The number of carbonyl (C=O) groups is 1. The Morgan fingerprint density at radius 2 is 1.78 bits per heavy atom. The first kappa shape index (κ1) is 25.1. The van der Waals surface area contributed by atoms with Gasteiger partial charge in [-0.25, -0.2) is 9.89 Å². The summed E-state index contributed by atoms with van der Waals surface area (Å²) in [5, 5.41) is 24.9. The fourth-order valence-electron chi connectivity index (χ4n) is 5.35. The van der Waals surface area contributed by atoms with E-state index in [2.05, 4.69) is 32.8 Å². The lowest BCUT2D eigenvalue weighted by molar-refractivity contribution is 0.186. The van der Waals surface area contributed by atoms with E-state index in [1.165, 1.54) is 12.8 Å². The Morgan fingerprint density at radius 3 is 2.46 bits per heavy atom. The van der Waals surface area contributed by atoms with Gasteiger partial charge in [-0.2, -0.15) is 0 Å². The van der Waals surface area contributed by atoms with Crippen LogP contribution in [-0.4, -0.2) is 66.8 Å². The topological polar surface area (TPSA) is 98.2 Å². The van der Waals surface area contributed by atoms with Gasteiger partial charge in [0.25, 0.3) is 0 Å². The third-order valence-corrected chi connectivity index (χ3v) is 7.63. The number of aromatic amines is 1. The third kappa shape index (κ3) is 6.83. The van der Waals surface area contributed by atoms with Crippen LogP contribution in [0.5, 0.6) is 0 Å². The second-order valence-electron chi connectivity index (χ2n) is 10.5. The molecule has 1 aliphatic heterocycles. The highest BCUT2D eigenvalue weighted by Gasteiger charge is 2.43. The molecule has 1 saturated heterocycles. The van der Waals surface area contributed by atoms with Gasteiger partial charge in [0.15, 0.2) is 0 Å². The summed E-state index contributed by atoms with van der Waals surface area (Å²) in [6.45, 7) is 1.94. The molecule has 37 heavy (non-hydrogen) atoms. The highest BCUT2D eigenvalue weighted by atomic mass is 16.3. The molecule has 5 rings (SSSR count). The predicted molar refractivity (Wildman–Crippen MR) is 141 cm³/mol. The van der Waals surface area contributed by atoms with Gasteiger partial charge in [0.05, 0.1) is 12.1 Å². The molecule has 2 aromatic carbocycles. The van der Waals surface area contributed by atoms with E-state index in [0.29, 0.717) is 31.5 Å². The van der Waals surface area contributed by atoms with Crippen LogP contribution in [0.25, 0.3) is 0 Å². The van der Waals surface area contributed by atoms with E-state index in [9.17, 15) is 9.90 Å². The van der Waals surface area contributed by atoms with Gasteiger partial charge in [-0.3, -0.25) is 0 Å². The van der Waals surface area contributed by atoms with Gasteiger partial charge in [-0.05, 0) is 52.7 Å². The molecule has 2 fully saturated rings. The zero-order valence-corrected chi connectivity index (χ0v) is 21.2. The van der Waals surface area contributed by atoms with E-state index in [1.54, 1.807) is 0 Å². The second kappa shape index (κ2) is 11.7. The van der Waals surface area contributed by atoms with Crippen LogP contribution in [0.1, 0.15) is 49.1 Å². The number of rotatable bonds is 13. The Hall–Kier alpha value is -3.52. The molecule has 2 amide bonds. The number of carbonyl (C=O) groups excluding carboxylic acids is 1. The molecular weight excluding hydrogens is 464 g/mol. The summed E-state index contributed by atoms with van der Waals surface area (Å²) in [4.78, 5) is 17.3. The van der Waals surface area contributed by atoms with Crippen molar-refractivity contribution in [3.63, 3.8) is 0 Å². The first-order valence-electron chi connectivity index (χ1n) is 13.3. The summed E-state index contributed by atoms with van der Waals surface area (Å²) in [7, 11) is 0. The standard InChI is InChI=1S/C29H36N6O2/c36-26(19-23-9-3-1-4-10-23)14-13-25-22-34(21-24-11-5-2-6-12-24)28(37)35(25)18-8-7-15-29(16-17-29)20-27-30-32-33-31-27/h1-6,9-14,25-26,36H,7-8,15-22H2,(H,30,31,32,33)/t25-,26?/m0/s1. The summed E-state index contributed by atoms with van der Waals surface area (Å²) in [6.07, 6.45) is 10.3. The van der Waals surface area contributed by atoms with E-state index >= 15 is 0 Å². The first-order valence-corrected chi connectivity index (χ1v) is 13.3. The van der Waals surface area contributed by atoms with Crippen molar-refractivity contribution in [3.8, 4) is 0 Å². The lowest BCUT2D eigenvalue weighted by Gasteiger charge is -2.22. The Bertz CT molecular complexity index is 1150. The van der Waals surface area contributed by atoms with Crippen LogP contribution in [0, 0.1) is 5.41 Å². The Labute approximate surface area is 218 Å². The number of aliphatic hydroxyl groups is 1. The van der Waals surface area contributed by atoms with Crippen molar-refractivity contribution < 1.29 is 9.90 Å². The van der Waals surface area contributed by atoms with Gasteiger partial charge in [0.1, 0.15) is 5.82 Å². The highest BCUT2D eigenvalue weighted by molar-refractivity contribution is 5.77. The number of nitrogens with zero attached hydrogens (tertiary/aromatic N) is 5. The van der Waals surface area contributed by atoms with Gasteiger partial charge in [0, 0.05) is 32.5 Å². The number of hydrogen-bond acceptors (Lipinski definition) is 5. The Balaban J connectivity index is 1.18. The Kier molecular flexibility index (Phi) is 7.94. The van der Waals surface area contributed by atoms with Crippen molar-refractivity contribution in [2.75, 3.05) is 13.1 Å². The van der Waals surface area contributed by atoms with Crippen LogP contribution >= 0.6 is 0 Å². The molecule has 194 valence electrons. The minimum Gasteiger partial charge on any atom is -0.389 e. The smallest absolute Gasteiger partial charge is 0.320 e. The van der Waals surface area contributed by atoms with Crippen molar-refractivity contribution in [1.29, 1.82) is 0 Å². The van der Waals surface area contributed by atoms with E-state index in [0.717, 1.165) is 42.6 Å². The number of unbranched alkanes of at least 4 members (excludes halogenated alkanes) is 1. The number of amides is 2. The minimum absolute atomic E-state index is 0.0446. The molecule has 0 bridgehead atoms. The van der Waals surface area contributed by atoms with Crippen LogP contribution in [0.3, 0.4) is 0 Å². The number of urea groups is 1. The molecule has 1 aliphatic carbocycles. The molecule has 1 saturated carbocycles. The number of hydrogen-bond donors (Lipinski definition) is 2. The van der Waals surface area contributed by atoms with Gasteiger partial charge in [-0.1, -0.05) is 79.2 Å². The Morgan fingerprint density at radius 1 is 1.05 bits per heavy atom. The fourth-order valence-corrected chi connectivity index (χ4v) is 5.35. The molecule has 8 heteroatoms. The maximum Gasteiger partial charge on any atom is 0.320 e. The average Bonchev–Trinajstić information content (AvgIpc) is 3.34. The minimum atomic E-state index is -0.581. The van der Waals surface area contributed by atoms with Crippen molar-refractivity contribution in [1.82, 2.24) is 30.4 Å². The number of benzene rings is 2. The quantitative estimate of drug-likeness (QED) is 0.271. The lowest BCUT2D eigenvalue weighted by atomic mass is 9.95. The zero-order chi connectivity index (χ0) is 25.5. The SMILES string of the molecule is O=C1N(Cc2ccccc2)C[C@H](C=CC(O)Cc2ccccc2)N1CCCCC1(Cc2nnn[nH]2)CC1. The van der Waals surface area contributed by atoms with Crippen LogP contribution < -0.4 is 0 Å². The van der Waals surface area contributed by atoms with Gasteiger partial charge < -0.3 is 14.9 Å². The van der Waals surface area contributed by atoms with E-state index < -0.39 is 6.10 Å². The number of tetrazole rings is 1. The van der Waals surface area contributed by atoms with E-state index in [4.69, 9.17) is 0 Å². The summed E-state index contributed by atoms with van der Waals surface area (Å²) >= 11 is 0. The molecular formula is C29H36N6O2. The van der Waals surface area contributed by atoms with Crippen LogP contribution in [-0.2, 0) is 19.4 Å². The summed E-state index contributed by atoms with van der Waals surface area (Å²) in [5.74, 6) is 0.864. The second-order valence-corrected chi connectivity index (χ2v) is 10.5. The summed E-state index contributed by atoms with van der Waals surface area (Å²) in [6, 6.07) is 20.1. The lowest BCUT2D eigenvalue weighted by Crippen LogP contribution is -2.35. The molecule has 2 aliphatic rings. The van der Waals surface area contributed by atoms with E-state index in [1.807, 2.05) is 70.5 Å². The van der Waals surface area contributed by atoms with Crippen LogP contribution in [0.15, 0.2) is 72.8 Å². The monoisotopic (exact) mass is 500 g/mol. The van der Waals surface area contributed by atoms with Crippen molar-refractivity contribution in [3.05, 3.63) is 89.8 Å². The van der Waals surface area contributed by atoms with Crippen molar-refractivity contribution in [2.45, 2.75) is 63.6 Å². The largest absolute Gasteiger partial charge is 0.389 e. The number of aromatic nitrogens is 4. The fraction of sp³-hybridized carbons (Fsp3) is 0.448. The maximum atomic E-state index is 13.4. The predicted octanol–water partition coefficient (Wildman–Crippen LogP) is 4.16. The molecule has 2 atom stereocenters. The summed E-state index contributed by atoms with van der Waals surface area (Å²) < 4.78 is 0. The zero-order valence-electron chi connectivity index (χ0n) is 21.2. The molecule has 0 radical (unpaired) electrons.